The van der Waals surface area contributed by atoms with E-state index >= 15 is 0 Å². The highest BCUT2D eigenvalue weighted by Gasteiger charge is 2.72. The van der Waals surface area contributed by atoms with Crippen LogP contribution in [0.25, 0.3) is 0 Å². The molecular formula is C5H4F4N4O10. The average Bonchev–Trinajstić information content (AvgIpc) is 2.45. The van der Waals surface area contributed by atoms with Crippen LogP contribution in [0.4, 0.5) is 17.8 Å². The number of hydrogen-bond acceptors (Lipinski definition) is 10. The van der Waals surface area contributed by atoms with Gasteiger partial charge >= 0.3 is 11.8 Å². The maximum atomic E-state index is 13.5. The Bertz CT molecular complexity index is 455. The standard InChI is InChI=1S/C5H4F4N4O10/c6-4(10(14)15,11(16)17)1-3(22-8,23-9)2-5(7,12(18)19)13(20)21/h1-2H2. The molecule has 0 aliphatic carbocycles. The summed E-state index contributed by atoms with van der Waals surface area (Å²) in [5, 5.41) is 41.1. The molecule has 0 aromatic heterocycles. The molecule has 0 unspecified atom stereocenters. The van der Waals surface area contributed by atoms with Gasteiger partial charge in [-0.2, -0.15) is 9.88 Å². The van der Waals surface area contributed by atoms with Crippen LogP contribution >= 0.6 is 0 Å². The monoisotopic (exact) mass is 356 g/mol. The van der Waals surface area contributed by atoms with Crippen LogP contribution in [0.3, 0.4) is 0 Å². The molecule has 0 saturated heterocycles. The van der Waals surface area contributed by atoms with Crippen LogP contribution in [-0.4, -0.2) is 37.3 Å². The predicted molar refractivity (Wildman–Crippen MR) is 52.0 cm³/mol. The van der Waals surface area contributed by atoms with Crippen molar-refractivity contribution in [3.8, 4) is 0 Å². The lowest BCUT2D eigenvalue weighted by atomic mass is 10.0. The molecule has 0 spiro atoms. The smallest absolute Gasteiger partial charge is 0.256 e. The molecule has 0 aromatic rings. The van der Waals surface area contributed by atoms with Crippen LogP contribution in [0.2, 0.25) is 0 Å². The minimum absolute atomic E-state index is 2.35. The molecule has 18 heteroatoms. The van der Waals surface area contributed by atoms with Gasteiger partial charge in [0.25, 0.3) is 5.79 Å². The third-order valence-electron chi connectivity index (χ3n) is 2.39. The van der Waals surface area contributed by atoms with Gasteiger partial charge < -0.3 is 0 Å². The van der Waals surface area contributed by atoms with E-state index in [-0.39, 0.29) is 0 Å². The Hall–Kier alpha value is -2.76. The highest BCUT2D eigenvalue weighted by atomic mass is 19.3. The van der Waals surface area contributed by atoms with Crippen molar-refractivity contribution in [2.45, 2.75) is 30.5 Å². The molecule has 0 bridgehead atoms. The summed E-state index contributed by atoms with van der Waals surface area (Å²) in [6.45, 7) is 0. The molecule has 0 N–H and O–H groups in total. The van der Waals surface area contributed by atoms with Crippen molar-refractivity contribution in [1.82, 2.24) is 0 Å². The fourth-order valence-corrected chi connectivity index (χ4v) is 1.26. The zero-order valence-electron chi connectivity index (χ0n) is 10.3. The summed E-state index contributed by atoms with van der Waals surface area (Å²) in [5.41, 5.74) is 0. The normalized spacial score (nSPS) is 12.7. The first-order valence-corrected chi connectivity index (χ1v) is 4.86. The molecule has 23 heavy (non-hydrogen) atoms. The van der Waals surface area contributed by atoms with Crippen LogP contribution in [0.1, 0.15) is 12.8 Å². The Morgan fingerprint density at radius 3 is 1.04 bits per heavy atom. The van der Waals surface area contributed by atoms with Crippen LogP contribution in [0.15, 0.2) is 0 Å². The lowest BCUT2D eigenvalue weighted by Crippen LogP contribution is -2.55. The van der Waals surface area contributed by atoms with Gasteiger partial charge in [0, 0.05) is 0 Å². The molecule has 0 radical (unpaired) electrons. The van der Waals surface area contributed by atoms with Gasteiger partial charge in [0.2, 0.25) is 0 Å². The molecule has 0 rings (SSSR count). The van der Waals surface area contributed by atoms with Crippen LogP contribution in [0, 0.1) is 40.5 Å². The van der Waals surface area contributed by atoms with Crippen molar-refractivity contribution in [3.05, 3.63) is 40.5 Å². The number of nitro groups is 4. The third-order valence-corrected chi connectivity index (χ3v) is 2.39. The first-order chi connectivity index (χ1) is 10.3. The van der Waals surface area contributed by atoms with Crippen LogP contribution < -0.4 is 0 Å². The van der Waals surface area contributed by atoms with Gasteiger partial charge in [-0.1, -0.05) is 8.78 Å². The number of alkyl halides is 2. The summed E-state index contributed by atoms with van der Waals surface area (Å²) in [6, 6.07) is 0. The van der Waals surface area contributed by atoms with E-state index in [4.69, 9.17) is 0 Å². The lowest BCUT2D eigenvalue weighted by molar-refractivity contribution is -0.847. The minimum Gasteiger partial charge on any atom is -0.256 e. The van der Waals surface area contributed by atoms with E-state index in [2.05, 4.69) is 9.88 Å². The van der Waals surface area contributed by atoms with E-state index in [1.807, 2.05) is 0 Å². The van der Waals surface area contributed by atoms with Crippen molar-refractivity contribution < 1.29 is 47.4 Å². The van der Waals surface area contributed by atoms with Crippen molar-refractivity contribution in [3.63, 3.8) is 0 Å². The molecule has 0 atom stereocenters. The first kappa shape index (κ1) is 20.2. The molecule has 0 aliphatic rings. The first-order valence-electron chi connectivity index (χ1n) is 4.86. The maximum absolute atomic E-state index is 13.5. The van der Waals surface area contributed by atoms with Crippen LogP contribution in [0.5, 0.6) is 0 Å². The van der Waals surface area contributed by atoms with Crippen molar-refractivity contribution in [1.29, 1.82) is 0 Å². The summed E-state index contributed by atoms with van der Waals surface area (Å²) in [5.74, 6) is -14.3. The highest BCUT2D eigenvalue weighted by Crippen LogP contribution is 2.38. The highest BCUT2D eigenvalue weighted by molar-refractivity contribution is 4.76. The Labute approximate surface area is 120 Å². The molecule has 0 aromatic carbocycles. The quantitative estimate of drug-likeness (QED) is 0.176. The summed E-state index contributed by atoms with van der Waals surface area (Å²) in [7, 11) is 0. The number of hydrogen-bond donors (Lipinski definition) is 0. The minimum atomic E-state index is -4.97. The predicted octanol–water partition coefficient (Wildman–Crippen LogP) is 0.618. The van der Waals surface area contributed by atoms with Gasteiger partial charge in [-0.25, -0.2) is 0 Å². The van der Waals surface area contributed by atoms with E-state index in [9.17, 15) is 58.3 Å². The molecular weight excluding hydrogens is 352 g/mol. The molecule has 0 fully saturated rings. The van der Waals surface area contributed by atoms with Gasteiger partial charge in [-0.15, -0.1) is 0 Å². The fourth-order valence-electron chi connectivity index (χ4n) is 1.26. The fraction of sp³-hybridized carbons (Fsp3) is 1.00. The summed E-state index contributed by atoms with van der Waals surface area (Å²) >= 11 is 0. The van der Waals surface area contributed by atoms with Gasteiger partial charge in [0.1, 0.15) is 19.7 Å². The van der Waals surface area contributed by atoms with Gasteiger partial charge in [-0.3, -0.25) is 40.5 Å². The van der Waals surface area contributed by atoms with Gasteiger partial charge in [0.05, 0.1) is 0 Å². The summed E-state index contributed by atoms with van der Waals surface area (Å²) < 4.78 is 51.7. The summed E-state index contributed by atoms with van der Waals surface area (Å²) in [4.78, 5) is 36.7. The lowest BCUT2D eigenvalue weighted by Gasteiger charge is -2.24. The SMILES string of the molecule is O=[N+]([O-])C(F)(CC(CC(F)([N+](=O)[O-])[N+](=O)[O-])(OF)OF)[N+](=O)[O-]. The van der Waals surface area contributed by atoms with Crippen molar-refractivity contribution >= 4 is 0 Å². The molecule has 132 valence electrons. The van der Waals surface area contributed by atoms with Crippen molar-refractivity contribution in [2.75, 3.05) is 0 Å². The molecule has 0 heterocycles. The molecule has 14 nitrogen and oxygen atoms in total. The Balaban J connectivity index is 5.94. The zero-order valence-corrected chi connectivity index (χ0v) is 10.3. The van der Waals surface area contributed by atoms with Gasteiger partial charge in [0.15, 0.2) is 12.8 Å². The van der Waals surface area contributed by atoms with Crippen LogP contribution in [-0.2, 0) is 9.88 Å². The van der Waals surface area contributed by atoms with E-state index in [0.29, 0.717) is 0 Å². The second-order valence-electron chi connectivity index (χ2n) is 3.88. The zero-order chi connectivity index (χ0) is 18.6. The Kier molecular flexibility index (Phi) is 5.77. The third kappa shape index (κ3) is 3.71. The Morgan fingerprint density at radius 1 is 0.696 bits per heavy atom. The van der Waals surface area contributed by atoms with E-state index in [1.165, 1.54) is 0 Å². The van der Waals surface area contributed by atoms with E-state index < -0.39 is 50.2 Å². The van der Waals surface area contributed by atoms with Gasteiger partial charge in [-0.05, 0) is 9.05 Å². The maximum Gasteiger partial charge on any atom is 0.619 e. The topological polar surface area (TPSA) is 191 Å². The summed E-state index contributed by atoms with van der Waals surface area (Å²) in [6.07, 6.45) is -5.47. The number of rotatable bonds is 10. The van der Waals surface area contributed by atoms with Crippen molar-refractivity contribution in [2.24, 2.45) is 0 Å². The molecule has 0 aliphatic heterocycles. The van der Waals surface area contributed by atoms with E-state index in [0.717, 1.165) is 0 Å². The molecule has 0 amide bonds. The largest absolute Gasteiger partial charge is 0.619 e. The Morgan fingerprint density at radius 2 is 0.913 bits per heavy atom. The molecule has 0 saturated carbocycles. The average molecular weight is 356 g/mol. The second kappa shape index (κ2) is 6.56. The van der Waals surface area contributed by atoms with E-state index in [1.54, 1.807) is 0 Å². The second-order valence-corrected chi connectivity index (χ2v) is 3.88. The number of halogens is 4. The number of nitrogens with zero attached hydrogens (tertiary/aromatic N) is 4.